The summed E-state index contributed by atoms with van der Waals surface area (Å²) < 4.78 is 14.5. The van der Waals surface area contributed by atoms with E-state index in [0.717, 1.165) is 10.0 Å². The summed E-state index contributed by atoms with van der Waals surface area (Å²) in [5.41, 5.74) is 1.35. The van der Waals surface area contributed by atoms with Crippen molar-refractivity contribution in [2.24, 2.45) is 0 Å². The smallest absolute Gasteiger partial charge is 0.237 e. The second-order valence-corrected chi connectivity index (χ2v) is 6.70. The zero-order valence-corrected chi connectivity index (χ0v) is 13.9. The average Bonchev–Trinajstić information content (AvgIpc) is 2.48. The predicted octanol–water partition coefficient (Wildman–Crippen LogP) is 4.85. The van der Waals surface area contributed by atoms with Gasteiger partial charge in [0.05, 0.1) is 10.9 Å². The Morgan fingerprint density at radius 2 is 1.90 bits per heavy atom. The first-order valence-electron chi connectivity index (χ1n) is 6.48. The third-order valence-corrected chi connectivity index (χ3v) is 4.91. The first-order valence-corrected chi connectivity index (χ1v) is 8.32. The van der Waals surface area contributed by atoms with Gasteiger partial charge in [-0.05, 0) is 30.7 Å². The first kappa shape index (κ1) is 16.0. The number of halogens is 2. The zero-order valence-electron chi connectivity index (χ0n) is 11.5. The third-order valence-electron chi connectivity index (χ3n) is 2.95. The number of benzene rings is 2. The van der Waals surface area contributed by atoms with E-state index in [2.05, 4.69) is 21.2 Å². The number of nitrogens with one attached hydrogen (secondary N) is 1. The van der Waals surface area contributed by atoms with Gasteiger partial charge in [0, 0.05) is 10.2 Å². The quantitative estimate of drug-likeness (QED) is 0.818. The molecular weight excluding hydrogens is 353 g/mol. The summed E-state index contributed by atoms with van der Waals surface area (Å²) in [6, 6.07) is 14.1. The van der Waals surface area contributed by atoms with E-state index in [0.29, 0.717) is 5.75 Å². The van der Waals surface area contributed by atoms with Crippen molar-refractivity contribution in [3.63, 3.8) is 0 Å². The lowest BCUT2D eigenvalue weighted by molar-refractivity contribution is -0.115. The molecule has 0 spiro atoms. The van der Waals surface area contributed by atoms with Crippen LogP contribution in [-0.2, 0) is 10.5 Å². The fraction of sp³-hybridized carbons (Fsp3) is 0.188. The zero-order chi connectivity index (χ0) is 15.2. The number of hydrogen-bond donors (Lipinski definition) is 1. The van der Waals surface area contributed by atoms with Crippen molar-refractivity contribution in [2.75, 3.05) is 5.32 Å². The van der Waals surface area contributed by atoms with E-state index < -0.39 is 5.82 Å². The van der Waals surface area contributed by atoms with Crippen molar-refractivity contribution >= 4 is 39.3 Å². The maximum Gasteiger partial charge on any atom is 0.237 e. The Bertz CT molecular complexity index is 635. The van der Waals surface area contributed by atoms with Crippen molar-refractivity contribution in [2.45, 2.75) is 17.9 Å². The summed E-state index contributed by atoms with van der Waals surface area (Å²) in [4.78, 5) is 12.1. The first-order chi connectivity index (χ1) is 10.1. The van der Waals surface area contributed by atoms with Crippen LogP contribution in [0.3, 0.4) is 0 Å². The highest BCUT2D eigenvalue weighted by molar-refractivity contribution is 9.10. The molecule has 0 saturated heterocycles. The Balaban J connectivity index is 1.91. The van der Waals surface area contributed by atoms with Crippen LogP contribution in [0.5, 0.6) is 0 Å². The lowest BCUT2D eigenvalue weighted by Gasteiger charge is -2.13. The van der Waals surface area contributed by atoms with Gasteiger partial charge >= 0.3 is 0 Å². The minimum atomic E-state index is -0.422. The maximum atomic E-state index is 13.5. The van der Waals surface area contributed by atoms with Crippen LogP contribution in [0.4, 0.5) is 10.1 Å². The van der Waals surface area contributed by atoms with Gasteiger partial charge in [0.2, 0.25) is 5.91 Å². The van der Waals surface area contributed by atoms with Gasteiger partial charge in [-0.3, -0.25) is 4.79 Å². The number of anilines is 1. The van der Waals surface area contributed by atoms with Crippen LogP contribution in [0.1, 0.15) is 12.5 Å². The maximum absolute atomic E-state index is 13.5. The summed E-state index contributed by atoms with van der Waals surface area (Å²) in [5, 5.41) is 2.35. The monoisotopic (exact) mass is 367 g/mol. The molecule has 0 bridgehead atoms. The second kappa shape index (κ2) is 7.61. The molecule has 2 aromatic rings. The fourth-order valence-electron chi connectivity index (χ4n) is 1.70. The van der Waals surface area contributed by atoms with Gasteiger partial charge in [0.15, 0.2) is 0 Å². The molecule has 0 saturated carbocycles. The largest absolute Gasteiger partial charge is 0.323 e. The summed E-state index contributed by atoms with van der Waals surface area (Å²) >= 11 is 5.00. The minimum absolute atomic E-state index is 0.197. The highest BCUT2D eigenvalue weighted by Gasteiger charge is 2.15. The number of rotatable bonds is 5. The summed E-state index contributed by atoms with van der Waals surface area (Å²) in [5.74, 6) is 0.0961. The molecule has 0 heterocycles. The van der Waals surface area contributed by atoms with E-state index in [-0.39, 0.29) is 16.8 Å². The average molecular weight is 368 g/mol. The van der Waals surface area contributed by atoms with E-state index in [1.165, 1.54) is 17.8 Å². The Kier molecular flexibility index (Phi) is 5.82. The third kappa shape index (κ3) is 4.58. The van der Waals surface area contributed by atoms with Crippen molar-refractivity contribution in [1.29, 1.82) is 0 Å². The van der Waals surface area contributed by atoms with Gasteiger partial charge in [-0.15, -0.1) is 11.8 Å². The lowest BCUT2D eigenvalue weighted by atomic mass is 10.2. The predicted molar refractivity (Wildman–Crippen MR) is 89.9 cm³/mol. The number of carbonyl (C=O) groups is 1. The topological polar surface area (TPSA) is 29.1 Å². The number of thioether (sulfide) groups is 1. The van der Waals surface area contributed by atoms with Gasteiger partial charge in [-0.25, -0.2) is 4.39 Å². The number of hydrogen-bond acceptors (Lipinski definition) is 2. The molecule has 0 aliphatic heterocycles. The number of amides is 1. The van der Waals surface area contributed by atoms with Crippen LogP contribution in [0, 0.1) is 5.82 Å². The normalized spacial score (nSPS) is 12.0. The van der Waals surface area contributed by atoms with Crippen LogP contribution in [0.2, 0.25) is 0 Å². The van der Waals surface area contributed by atoms with Crippen LogP contribution < -0.4 is 5.32 Å². The van der Waals surface area contributed by atoms with E-state index in [1.807, 2.05) is 31.2 Å². The van der Waals surface area contributed by atoms with Gasteiger partial charge in [-0.1, -0.05) is 46.3 Å². The van der Waals surface area contributed by atoms with E-state index in [1.54, 1.807) is 18.2 Å². The molecule has 110 valence electrons. The molecule has 2 aromatic carbocycles. The molecule has 21 heavy (non-hydrogen) atoms. The highest BCUT2D eigenvalue weighted by Crippen LogP contribution is 2.24. The van der Waals surface area contributed by atoms with Gasteiger partial charge < -0.3 is 5.32 Å². The van der Waals surface area contributed by atoms with Gasteiger partial charge in [-0.2, -0.15) is 0 Å². The molecule has 2 nitrogen and oxygen atoms in total. The van der Waals surface area contributed by atoms with E-state index in [4.69, 9.17) is 0 Å². The summed E-state index contributed by atoms with van der Waals surface area (Å²) in [6.45, 7) is 1.82. The Morgan fingerprint density at radius 3 is 2.62 bits per heavy atom. The molecule has 1 unspecified atom stereocenters. The van der Waals surface area contributed by atoms with Crippen LogP contribution >= 0.6 is 27.7 Å². The fourth-order valence-corrected chi connectivity index (χ4v) is 3.20. The van der Waals surface area contributed by atoms with Crippen molar-refractivity contribution in [1.82, 2.24) is 0 Å². The molecule has 0 aliphatic rings. The van der Waals surface area contributed by atoms with Crippen LogP contribution in [0.15, 0.2) is 53.0 Å². The molecule has 0 radical (unpaired) electrons. The Morgan fingerprint density at radius 1 is 1.24 bits per heavy atom. The SMILES string of the molecule is CC(SCc1ccccc1Br)C(=O)Nc1ccccc1F. The lowest BCUT2D eigenvalue weighted by Crippen LogP contribution is -2.23. The number of para-hydroxylation sites is 1. The molecule has 5 heteroatoms. The summed E-state index contributed by atoms with van der Waals surface area (Å²) in [7, 11) is 0. The van der Waals surface area contributed by atoms with E-state index in [9.17, 15) is 9.18 Å². The van der Waals surface area contributed by atoms with Crippen molar-refractivity contribution < 1.29 is 9.18 Å². The van der Waals surface area contributed by atoms with Crippen LogP contribution in [-0.4, -0.2) is 11.2 Å². The molecular formula is C16H15BrFNOS. The van der Waals surface area contributed by atoms with Gasteiger partial charge in [0.25, 0.3) is 0 Å². The van der Waals surface area contributed by atoms with Crippen LogP contribution in [0.25, 0.3) is 0 Å². The standard InChI is InChI=1S/C16H15BrFNOS/c1-11(21-10-12-6-2-3-7-13(12)17)16(20)19-15-9-5-4-8-14(15)18/h2-9,11H,10H2,1H3,(H,19,20). The molecule has 1 atom stereocenters. The Labute approximate surface area is 136 Å². The minimum Gasteiger partial charge on any atom is -0.323 e. The molecule has 0 fully saturated rings. The van der Waals surface area contributed by atoms with E-state index >= 15 is 0 Å². The molecule has 0 aromatic heterocycles. The number of carbonyl (C=O) groups excluding carboxylic acids is 1. The molecule has 0 aliphatic carbocycles. The van der Waals surface area contributed by atoms with Crippen molar-refractivity contribution in [3.05, 3.63) is 64.4 Å². The van der Waals surface area contributed by atoms with Crippen molar-refractivity contribution in [3.8, 4) is 0 Å². The molecule has 1 amide bonds. The molecule has 2 rings (SSSR count). The second-order valence-electron chi connectivity index (χ2n) is 4.51. The summed E-state index contributed by atoms with van der Waals surface area (Å²) in [6.07, 6.45) is 0. The molecule has 1 N–H and O–H groups in total. The Hall–Kier alpha value is -1.33. The highest BCUT2D eigenvalue weighted by atomic mass is 79.9. The van der Waals surface area contributed by atoms with Gasteiger partial charge in [0.1, 0.15) is 5.82 Å².